The first kappa shape index (κ1) is 11.8. The van der Waals surface area contributed by atoms with Crippen LogP contribution in [0.2, 0.25) is 0 Å². The van der Waals surface area contributed by atoms with Gasteiger partial charge in [-0.1, -0.05) is 48.5 Å². The number of nitrogens with two attached hydrogens (primary N) is 1. The maximum atomic E-state index is 8.90. The molecule has 0 heterocycles. The first-order valence-corrected chi connectivity index (χ1v) is 5.83. The van der Waals surface area contributed by atoms with Gasteiger partial charge in [0.25, 0.3) is 0 Å². The minimum absolute atomic E-state index is 0.0938. The van der Waals surface area contributed by atoms with Gasteiger partial charge >= 0.3 is 0 Å². The second-order valence-corrected chi connectivity index (χ2v) is 4.11. The van der Waals surface area contributed by atoms with Crippen molar-refractivity contribution < 1.29 is 5.11 Å². The number of hydrogen-bond acceptors (Lipinski definition) is 2. The Kier molecular flexibility index (Phi) is 3.91. The fraction of sp³-hybridized carbons (Fsp3) is 0.200. The van der Waals surface area contributed by atoms with E-state index >= 15 is 0 Å². The molecule has 2 rings (SSSR count). The summed E-state index contributed by atoms with van der Waals surface area (Å²) in [6.07, 6.45) is 0.595. The molecule has 0 spiro atoms. The van der Waals surface area contributed by atoms with E-state index < -0.39 is 0 Å². The molecule has 0 fully saturated rings. The van der Waals surface area contributed by atoms with Gasteiger partial charge in [-0.05, 0) is 29.2 Å². The van der Waals surface area contributed by atoms with E-state index in [1.807, 2.05) is 30.3 Å². The van der Waals surface area contributed by atoms with Gasteiger partial charge in [-0.15, -0.1) is 0 Å². The molecule has 3 N–H and O–H groups in total. The first-order valence-electron chi connectivity index (χ1n) is 5.83. The Labute approximate surface area is 102 Å². The fourth-order valence-electron chi connectivity index (χ4n) is 1.89. The number of rotatable bonds is 4. The summed E-state index contributed by atoms with van der Waals surface area (Å²) in [6.45, 7) is 0.122. The van der Waals surface area contributed by atoms with Gasteiger partial charge in [-0.2, -0.15) is 0 Å². The molecule has 1 atom stereocenters. The second-order valence-electron chi connectivity index (χ2n) is 4.11. The highest BCUT2D eigenvalue weighted by atomic mass is 16.3. The third kappa shape index (κ3) is 2.93. The molecule has 0 unspecified atom stereocenters. The Bertz CT molecular complexity index is 467. The Balaban J connectivity index is 2.29. The van der Waals surface area contributed by atoms with Crippen LogP contribution in [0.3, 0.4) is 0 Å². The van der Waals surface area contributed by atoms with Crippen LogP contribution in [0.15, 0.2) is 54.6 Å². The average Bonchev–Trinajstić information content (AvgIpc) is 2.40. The topological polar surface area (TPSA) is 46.2 Å². The summed E-state index contributed by atoms with van der Waals surface area (Å²) >= 11 is 0. The molecule has 0 aliphatic heterocycles. The molecule has 0 aliphatic rings. The largest absolute Gasteiger partial charge is 0.396 e. The zero-order valence-electron chi connectivity index (χ0n) is 9.71. The summed E-state index contributed by atoms with van der Waals surface area (Å²) in [7, 11) is 0. The third-order valence-electron chi connectivity index (χ3n) is 2.86. The molecule has 0 aromatic heterocycles. The van der Waals surface area contributed by atoms with Gasteiger partial charge in [0, 0.05) is 12.6 Å². The molecular weight excluding hydrogens is 210 g/mol. The van der Waals surface area contributed by atoms with Crippen molar-refractivity contribution in [3.05, 3.63) is 60.2 Å². The molecule has 0 radical (unpaired) electrons. The Morgan fingerprint density at radius 2 is 1.65 bits per heavy atom. The summed E-state index contributed by atoms with van der Waals surface area (Å²) in [5.41, 5.74) is 9.41. The quantitative estimate of drug-likeness (QED) is 0.843. The van der Waals surface area contributed by atoms with E-state index in [-0.39, 0.29) is 12.6 Å². The van der Waals surface area contributed by atoms with E-state index in [9.17, 15) is 0 Å². The van der Waals surface area contributed by atoms with Crippen molar-refractivity contribution in [2.24, 2.45) is 5.73 Å². The van der Waals surface area contributed by atoms with Crippen LogP contribution in [0, 0.1) is 0 Å². The van der Waals surface area contributed by atoms with E-state index in [4.69, 9.17) is 10.8 Å². The number of hydrogen-bond donors (Lipinski definition) is 2. The molecule has 0 saturated heterocycles. The highest BCUT2D eigenvalue weighted by Gasteiger charge is 2.06. The van der Waals surface area contributed by atoms with Crippen molar-refractivity contribution in [1.82, 2.24) is 0 Å². The van der Waals surface area contributed by atoms with Crippen molar-refractivity contribution in [1.29, 1.82) is 0 Å². The van der Waals surface area contributed by atoms with E-state index in [1.54, 1.807) is 0 Å². The molecule has 2 heteroatoms. The summed E-state index contributed by atoms with van der Waals surface area (Å²) in [4.78, 5) is 0. The van der Waals surface area contributed by atoms with Crippen LogP contribution in [0.5, 0.6) is 0 Å². The summed E-state index contributed by atoms with van der Waals surface area (Å²) < 4.78 is 0. The molecular formula is C15H17NO. The third-order valence-corrected chi connectivity index (χ3v) is 2.86. The maximum absolute atomic E-state index is 8.90. The highest BCUT2D eigenvalue weighted by Crippen LogP contribution is 2.23. The zero-order valence-corrected chi connectivity index (χ0v) is 9.71. The van der Waals surface area contributed by atoms with Crippen molar-refractivity contribution in [3.8, 4) is 11.1 Å². The normalized spacial score (nSPS) is 12.4. The number of aliphatic hydroxyl groups is 1. The van der Waals surface area contributed by atoms with E-state index in [2.05, 4.69) is 24.3 Å². The van der Waals surface area contributed by atoms with Crippen LogP contribution in [-0.2, 0) is 0 Å². The first-order chi connectivity index (χ1) is 8.31. The SMILES string of the molecule is N[C@@H](CCO)c1cccc(-c2ccccc2)c1. The summed E-state index contributed by atoms with van der Waals surface area (Å²) in [5.74, 6) is 0. The van der Waals surface area contributed by atoms with Crippen LogP contribution >= 0.6 is 0 Å². The van der Waals surface area contributed by atoms with E-state index in [0.717, 1.165) is 11.1 Å². The van der Waals surface area contributed by atoms with Gasteiger partial charge in [-0.25, -0.2) is 0 Å². The van der Waals surface area contributed by atoms with Crippen molar-refractivity contribution >= 4 is 0 Å². The van der Waals surface area contributed by atoms with Gasteiger partial charge in [0.1, 0.15) is 0 Å². The molecule has 0 saturated carbocycles. The Morgan fingerprint density at radius 1 is 0.941 bits per heavy atom. The molecule has 0 aliphatic carbocycles. The lowest BCUT2D eigenvalue weighted by Crippen LogP contribution is -2.11. The van der Waals surface area contributed by atoms with Crippen molar-refractivity contribution in [2.45, 2.75) is 12.5 Å². The van der Waals surface area contributed by atoms with Gasteiger partial charge in [0.15, 0.2) is 0 Å². The summed E-state index contributed by atoms with van der Waals surface area (Å²) in [6, 6.07) is 18.3. The van der Waals surface area contributed by atoms with Gasteiger partial charge in [0.2, 0.25) is 0 Å². The predicted octanol–water partition coefficient (Wildman–Crippen LogP) is 2.74. The van der Waals surface area contributed by atoms with Gasteiger partial charge in [-0.3, -0.25) is 0 Å². The molecule has 2 aromatic rings. The van der Waals surface area contributed by atoms with Gasteiger partial charge < -0.3 is 10.8 Å². The van der Waals surface area contributed by atoms with Crippen LogP contribution in [0.25, 0.3) is 11.1 Å². The molecule has 88 valence electrons. The van der Waals surface area contributed by atoms with Crippen molar-refractivity contribution in [2.75, 3.05) is 6.61 Å². The van der Waals surface area contributed by atoms with Crippen LogP contribution in [0.4, 0.5) is 0 Å². The zero-order chi connectivity index (χ0) is 12.1. The number of aliphatic hydroxyl groups excluding tert-OH is 1. The standard InChI is InChI=1S/C15H17NO/c16-15(9-10-17)14-8-4-7-13(11-14)12-5-2-1-3-6-12/h1-8,11,15,17H,9-10,16H2/t15-/m0/s1. The molecule has 17 heavy (non-hydrogen) atoms. The molecule has 2 nitrogen and oxygen atoms in total. The smallest absolute Gasteiger partial charge is 0.0449 e. The molecule has 0 bridgehead atoms. The predicted molar refractivity (Wildman–Crippen MR) is 70.5 cm³/mol. The maximum Gasteiger partial charge on any atom is 0.0449 e. The lowest BCUT2D eigenvalue weighted by molar-refractivity contribution is 0.276. The van der Waals surface area contributed by atoms with Crippen molar-refractivity contribution in [3.63, 3.8) is 0 Å². The Morgan fingerprint density at radius 3 is 2.35 bits per heavy atom. The summed E-state index contributed by atoms with van der Waals surface area (Å²) in [5, 5.41) is 8.90. The second kappa shape index (κ2) is 5.62. The number of benzene rings is 2. The lowest BCUT2D eigenvalue weighted by atomic mass is 9.99. The van der Waals surface area contributed by atoms with Crippen LogP contribution < -0.4 is 5.73 Å². The monoisotopic (exact) mass is 227 g/mol. The Hall–Kier alpha value is -1.64. The minimum Gasteiger partial charge on any atom is -0.396 e. The fourth-order valence-corrected chi connectivity index (χ4v) is 1.89. The highest BCUT2D eigenvalue weighted by molar-refractivity contribution is 5.64. The van der Waals surface area contributed by atoms with Crippen LogP contribution in [-0.4, -0.2) is 11.7 Å². The average molecular weight is 227 g/mol. The van der Waals surface area contributed by atoms with E-state index in [1.165, 1.54) is 5.56 Å². The lowest BCUT2D eigenvalue weighted by Gasteiger charge is -2.12. The molecule has 0 amide bonds. The molecule has 2 aromatic carbocycles. The minimum atomic E-state index is -0.0938. The van der Waals surface area contributed by atoms with Crippen LogP contribution in [0.1, 0.15) is 18.0 Å². The van der Waals surface area contributed by atoms with E-state index in [0.29, 0.717) is 6.42 Å². The van der Waals surface area contributed by atoms with Gasteiger partial charge in [0.05, 0.1) is 0 Å².